The molecule has 1 aromatic rings. The average molecular weight is 229 g/mol. The molecule has 0 spiro atoms. The molecule has 80 valence electrons. The van der Waals surface area contributed by atoms with Crippen molar-refractivity contribution < 1.29 is 19.5 Å². The van der Waals surface area contributed by atoms with E-state index in [1.165, 1.54) is 5.38 Å². The second-order valence-electron chi connectivity index (χ2n) is 2.40. The second kappa shape index (κ2) is 4.51. The summed E-state index contributed by atoms with van der Waals surface area (Å²) in [6.45, 7) is 1.11. The molecule has 3 N–H and O–H groups in total. The smallest absolute Gasteiger partial charge is 0.360 e. The molecule has 0 saturated carbocycles. The molecule has 7 nitrogen and oxygen atoms in total. The zero-order valence-corrected chi connectivity index (χ0v) is 8.45. The molecule has 15 heavy (non-hydrogen) atoms. The van der Waals surface area contributed by atoms with E-state index < -0.39 is 17.7 Å². The van der Waals surface area contributed by atoms with Crippen LogP contribution in [-0.4, -0.2) is 27.7 Å². The molecule has 0 aliphatic carbocycles. The molecule has 0 radical (unpaired) electrons. The maximum Gasteiger partial charge on any atom is 0.360 e. The number of nitrogens with zero attached hydrogens (tertiary/aromatic N) is 2. The fourth-order valence-corrected chi connectivity index (χ4v) is 1.25. The normalized spacial score (nSPS) is 11.1. The van der Waals surface area contributed by atoms with Crippen LogP contribution in [0.1, 0.15) is 12.6 Å². The summed E-state index contributed by atoms with van der Waals surface area (Å²) >= 11 is 1.07. The number of hydrogen-bond acceptors (Lipinski definition) is 7. The number of anilines is 1. The van der Waals surface area contributed by atoms with Crippen molar-refractivity contribution in [2.45, 2.75) is 6.92 Å². The van der Waals surface area contributed by atoms with E-state index in [-0.39, 0.29) is 10.8 Å². The van der Waals surface area contributed by atoms with Crippen molar-refractivity contribution in [3.63, 3.8) is 0 Å². The molecule has 0 amide bonds. The van der Waals surface area contributed by atoms with Crippen molar-refractivity contribution >= 4 is 34.1 Å². The van der Waals surface area contributed by atoms with Crippen LogP contribution in [0.4, 0.5) is 5.13 Å². The van der Waals surface area contributed by atoms with Crippen molar-refractivity contribution in [1.29, 1.82) is 0 Å². The van der Waals surface area contributed by atoms with Crippen molar-refractivity contribution in [1.82, 2.24) is 4.98 Å². The van der Waals surface area contributed by atoms with Crippen molar-refractivity contribution in [2.75, 3.05) is 5.73 Å². The number of carboxylic acid groups (broad SMARTS) is 1. The number of nitrogen functional groups attached to an aromatic ring is 1. The van der Waals surface area contributed by atoms with Crippen LogP contribution in [0.3, 0.4) is 0 Å². The van der Waals surface area contributed by atoms with E-state index in [4.69, 9.17) is 10.8 Å². The third-order valence-corrected chi connectivity index (χ3v) is 1.91. The van der Waals surface area contributed by atoms with Gasteiger partial charge in [-0.3, -0.25) is 0 Å². The minimum absolute atomic E-state index is 0.0613. The standard InChI is InChI=1S/C7H7N3O4S/c1-3(11)14-10-5(6(12)13)4-2-15-7(8)9-4/h2H,1H3,(H2,8,9)(H,12,13)/b10-5+. The maximum absolute atomic E-state index is 10.7. The van der Waals surface area contributed by atoms with E-state index >= 15 is 0 Å². The lowest BCUT2D eigenvalue weighted by atomic mass is 10.3. The number of carboxylic acids is 1. The van der Waals surface area contributed by atoms with Gasteiger partial charge in [-0.05, 0) is 0 Å². The van der Waals surface area contributed by atoms with Gasteiger partial charge in [-0.25, -0.2) is 14.6 Å². The number of carbonyl (C=O) groups is 2. The Morgan fingerprint density at radius 1 is 1.67 bits per heavy atom. The Kier molecular flexibility index (Phi) is 3.34. The third-order valence-electron chi connectivity index (χ3n) is 1.23. The van der Waals surface area contributed by atoms with E-state index in [0.29, 0.717) is 0 Å². The van der Waals surface area contributed by atoms with Crippen molar-refractivity contribution in [3.8, 4) is 0 Å². The van der Waals surface area contributed by atoms with Gasteiger partial charge in [0.2, 0.25) is 5.71 Å². The number of nitrogens with two attached hydrogens (primary N) is 1. The van der Waals surface area contributed by atoms with Gasteiger partial charge in [-0.2, -0.15) is 0 Å². The van der Waals surface area contributed by atoms with Crippen LogP contribution in [0.2, 0.25) is 0 Å². The summed E-state index contributed by atoms with van der Waals surface area (Å²) in [5.74, 6) is -2.06. The zero-order chi connectivity index (χ0) is 11.4. The van der Waals surface area contributed by atoms with Crippen LogP contribution in [0.5, 0.6) is 0 Å². The van der Waals surface area contributed by atoms with Gasteiger partial charge in [0, 0.05) is 12.3 Å². The molecule has 0 saturated heterocycles. The van der Waals surface area contributed by atoms with Gasteiger partial charge in [0.05, 0.1) is 0 Å². The van der Waals surface area contributed by atoms with Crippen LogP contribution in [0.25, 0.3) is 0 Å². The summed E-state index contributed by atoms with van der Waals surface area (Å²) in [6, 6.07) is 0. The Morgan fingerprint density at radius 2 is 2.33 bits per heavy atom. The first-order valence-corrected chi connectivity index (χ1v) is 4.59. The zero-order valence-electron chi connectivity index (χ0n) is 7.63. The molecular weight excluding hydrogens is 222 g/mol. The Balaban J connectivity index is 2.98. The number of hydrogen-bond donors (Lipinski definition) is 2. The maximum atomic E-state index is 10.7. The number of aliphatic carboxylic acids is 1. The molecule has 0 aliphatic rings. The van der Waals surface area contributed by atoms with Crippen LogP contribution in [0, 0.1) is 0 Å². The molecule has 0 aromatic carbocycles. The predicted octanol–water partition coefficient (Wildman–Crippen LogP) is 0.0771. The van der Waals surface area contributed by atoms with E-state index in [2.05, 4.69) is 15.0 Å². The molecule has 0 aliphatic heterocycles. The average Bonchev–Trinajstić information content (AvgIpc) is 2.51. The quantitative estimate of drug-likeness (QED) is 0.430. The molecule has 1 aromatic heterocycles. The second-order valence-corrected chi connectivity index (χ2v) is 3.29. The molecule has 1 heterocycles. The van der Waals surface area contributed by atoms with Gasteiger partial charge in [-0.1, -0.05) is 5.16 Å². The van der Waals surface area contributed by atoms with Gasteiger partial charge in [-0.15, -0.1) is 11.3 Å². The van der Waals surface area contributed by atoms with Gasteiger partial charge in [0.1, 0.15) is 5.69 Å². The summed E-state index contributed by atoms with van der Waals surface area (Å²) < 4.78 is 0. The minimum Gasteiger partial charge on any atom is -0.476 e. The Hall–Kier alpha value is -1.96. The summed E-state index contributed by atoms with van der Waals surface area (Å²) in [4.78, 5) is 29.1. The number of thiazole rings is 1. The Bertz CT molecular complexity index is 426. The van der Waals surface area contributed by atoms with E-state index in [9.17, 15) is 9.59 Å². The Morgan fingerprint density at radius 3 is 2.73 bits per heavy atom. The topological polar surface area (TPSA) is 115 Å². The predicted molar refractivity (Wildman–Crippen MR) is 52.5 cm³/mol. The summed E-state index contributed by atoms with van der Waals surface area (Å²) in [6.07, 6.45) is 0. The molecule has 0 unspecified atom stereocenters. The molecule has 0 fully saturated rings. The van der Waals surface area contributed by atoms with Gasteiger partial charge in [0.25, 0.3) is 0 Å². The highest BCUT2D eigenvalue weighted by Gasteiger charge is 2.17. The number of oxime groups is 1. The largest absolute Gasteiger partial charge is 0.476 e. The molecular formula is C7H7N3O4S. The van der Waals surface area contributed by atoms with Crippen LogP contribution in [0.15, 0.2) is 10.5 Å². The number of rotatable bonds is 3. The first kappa shape index (κ1) is 11.1. The lowest BCUT2D eigenvalue weighted by Crippen LogP contribution is -2.16. The van der Waals surface area contributed by atoms with Crippen LogP contribution in [-0.2, 0) is 14.4 Å². The fourth-order valence-electron chi connectivity index (χ4n) is 0.702. The van der Waals surface area contributed by atoms with Crippen molar-refractivity contribution in [3.05, 3.63) is 11.1 Å². The molecule has 8 heteroatoms. The fraction of sp³-hybridized carbons (Fsp3) is 0.143. The third kappa shape index (κ3) is 3.02. The SMILES string of the molecule is CC(=O)O/N=C(/C(=O)O)c1csc(N)n1. The summed E-state index contributed by atoms with van der Waals surface area (Å²) in [5.41, 5.74) is 4.93. The van der Waals surface area contributed by atoms with Gasteiger partial charge in [0.15, 0.2) is 5.13 Å². The lowest BCUT2D eigenvalue weighted by molar-refractivity contribution is -0.141. The number of aromatic nitrogens is 1. The van der Waals surface area contributed by atoms with E-state index in [1.807, 2.05) is 0 Å². The van der Waals surface area contributed by atoms with Crippen LogP contribution < -0.4 is 5.73 Å². The van der Waals surface area contributed by atoms with Gasteiger partial charge >= 0.3 is 11.9 Å². The van der Waals surface area contributed by atoms with E-state index in [0.717, 1.165) is 18.3 Å². The summed E-state index contributed by atoms with van der Waals surface area (Å²) in [7, 11) is 0. The number of carbonyl (C=O) groups excluding carboxylic acids is 1. The van der Waals surface area contributed by atoms with Crippen molar-refractivity contribution in [2.24, 2.45) is 5.16 Å². The first-order chi connectivity index (χ1) is 7.00. The first-order valence-electron chi connectivity index (χ1n) is 3.71. The highest BCUT2D eigenvalue weighted by Crippen LogP contribution is 2.12. The lowest BCUT2D eigenvalue weighted by Gasteiger charge is -1.95. The highest BCUT2D eigenvalue weighted by atomic mass is 32.1. The van der Waals surface area contributed by atoms with Gasteiger partial charge < -0.3 is 15.7 Å². The minimum atomic E-state index is -1.35. The molecule has 0 atom stereocenters. The Labute approximate surface area is 88.2 Å². The molecule has 1 rings (SSSR count). The van der Waals surface area contributed by atoms with E-state index in [1.54, 1.807) is 0 Å². The van der Waals surface area contributed by atoms with Crippen LogP contribution >= 0.6 is 11.3 Å². The monoisotopic (exact) mass is 229 g/mol. The summed E-state index contributed by atoms with van der Waals surface area (Å²) in [5, 5.41) is 13.5. The highest BCUT2D eigenvalue weighted by molar-refractivity contribution is 7.13. The molecule has 0 bridgehead atoms.